The fourth-order valence-corrected chi connectivity index (χ4v) is 1.76. The largest absolute Gasteiger partial charge is 0.480 e. The van der Waals surface area contributed by atoms with Crippen LogP contribution in [0.3, 0.4) is 0 Å². The molecule has 2 aromatic rings. The first-order valence-electron chi connectivity index (χ1n) is 6.26. The first kappa shape index (κ1) is 14.5. The molecule has 0 spiro atoms. The van der Waals surface area contributed by atoms with Crippen LogP contribution in [0.2, 0.25) is 0 Å². The van der Waals surface area contributed by atoms with E-state index in [0.29, 0.717) is 17.1 Å². The molecule has 0 fully saturated rings. The zero-order valence-electron chi connectivity index (χ0n) is 11.8. The third kappa shape index (κ3) is 3.34. The van der Waals surface area contributed by atoms with Gasteiger partial charge in [-0.1, -0.05) is 12.1 Å². The van der Waals surface area contributed by atoms with E-state index in [-0.39, 0.29) is 12.5 Å². The van der Waals surface area contributed by atoms with Gasteiger partial charge >= 0.3 is 0 Å². The second-order valence-corrected chi connectivity index (χ2v) is 4.36. The summed E-state index contributed by atoms with van der Waals surface area (Å²) in [7, 11) is 3.12. The van der Waals surface area contributed by atoms with Gasteiger partial charge in [0, 0.05) is 24.2 Å². The van der Waals surface area contributed by atoms with Crippen molar-refractivity contribution < 1.29 is 9.53 Å². The number of hydrogen-bond acceptors (Lipinski definition) is 5. The SMILES string of the molecule is COc1ccc(-c2ccc(C(=O)N(C)CC#N)cc2)nn1. The summed E-state index contributed by atoms with van der Waals surface area (Å²) in [6.45, 7) is 0.0601. The molecular formula is C15H14N4O2. The highest BCUT2D eigenvalue weighted by Gasteiger charge is 2.11. The lowest BCUT2D eigenvalue weighted by molar-refractivity contribution is 0.0812. The molecule has 0 saturated heterocycles. The number of carbonyl (C=O) groups excluding carboxylic acids is 1. The van der Waals surface area contributed by atoms with Crippen molar-refractivity contribution in [3.8, 4) is 23.2 Å². The summed E-state index contributed by atoms with van der Waals surface area (Å²) in [5, 5.41) is 16.5. The van der Waals surface area contributed by atoms with Gasteiger partial charge in [-0.3, -0.25) is 4.79 Å². The number of amides is 1. The average Bonchev–Trinajstić information content (AvgIpc) is 2.54. The van der Waals surface area contributed by atoms with Gasteiger partial charge in [-0.25, -0.2) is 0 Å². The Morgan fingerprint density at radius 1 is 1.24 bits per heavy atom. The Labute approximate surface area is 122 Å². The third-order valence-electron chi connectivity index (χ3n) is 2.93. The first-order chi connectivity index (χ1) is 10.2. The summed E-state index contributed by atoms with van der Waals surface area (Å²) in [6, 6.07) is 12.5. The second-order valence-electron chi connectivity index (χ2n) is 4.36. The fourth-order valence-electron chi connectivity index (χ4n) is 1.76. The van der Waals surface area contributed by atoms with Gasteiger partial charge in [0.25, 0.3) is 5.91 Å². The van der Waals surface area contributed by atoms with E-state index in [4.69, 9.17) is 10.00 Å². The van der Waals surface area contributed by atoms with E-state index < -0.39 is 0 Å². The van der Waals surface area contributed by atoms with Crippen LogP contribution in [-0.2, 0) is 0 Å². The highest BCUT2D eigenvalue weighted by atomic mass is 16.5. The van der Waals surface area contributed by atoms with Crippen LogP contribution in [0, 0.1) is 11.3 Å². The van der Waals surface area contributed by atoms with Gasteiger partial charge in [0.15, 0.2) is 0 Å². The number of nitriles is 1. The molecule has 0 aliphatic heterocycles. The maximum absolute atomic E-state index is 12.0. The van der Waals surface area contributed by atoms with Crippen LogP contribution in [-0.4, -0.2) is 41.7 Å². The van der Waals surface area contributed by atoms with Gasteiger partial charge in [-0.15, -0.1) is 10.2 Å². The van der Waals surface area contributed by atoms with E-state index in [9.17, 15) is 4.79 Å². The van der Waals surface area contributed by atoms with E-state index in [1.54, 1.807) is 43.4 Å². The van der Waals surface area contributed by atoms with Crippen molar-refractivity contribution >= 4 is 5.91 Å². The molecule has 0 aliphatic rings. The molecule has 1 heterocycles. The standard InChI is InChI=1S/C15H14N4O2/c1-19(10-9-16)15(20)12-5-3-11(4-6-12)13-7-8-14(21-2)18-17-13/h3-8H,10H2,1-2H3. The minimum absolute atomic E-state index is 0.0601. The number of nitrogens with zero attached hydrogens (tertiary/aromatic N) is 4. The summed E-state index contributed by atoms with van der Waals surface area (Å²) in [4.78, 5) is 13.4. The summed E-state index contributed by atoms with van der Waals surface area (Å²) < 4.78 is 4.95. The third-order valence-corrected chi connectivity index (χ3v) is 2.93. The minimum atomic E-state index is -0.191. The van der Waals surface area contributed by atoms with Crippen LogP contribution in [0.15, 0.2) is 36.4 Å². The summed E-state index contributed by atoms with van der Waals surface area (Å²) in [5.41, 5.74) is 2.07. The van der Waals surface area contributed by atoms with Crippen molar-refractivity contribution in [1.29, 1.82) is 5.26 Å². The lowest BCUT2D eigenvalue weighted by Gasteiger charge is -2.13. The van der Waals surface area contributed by atoms with E-state index in [0.717, 1.165) is 5.56 Å². The van der Waals surface area contributed by atoms with E-state index in [1.807, 2.05) is 6.07 Å². The van der Waals surface area contributed by atoms with Gasteiger partial charge < -0.3 is 9.64 Å². The van der Waals surface area contributed by atoms with Crippen LogP contribution in [0.1, 0.15) is 10.4 Å². The molecular weight excluding hydrogens is 268 g/mol. The topological polar surface area (TPSA) is 79.1 Å². The molecule has 2 rings (SSSR count). The molecule has 6 nitrogen and oxygen atoms in total. The molecule has 106 valence electrons. The second kappa shape index (κ2) is 6.48. The van der Waals surface area contributed by atoms with Crippen LogP contribution in [0.4, 0.5) is 0 Å². The van der Waals surface area contributed by atoms with Crippen molar-refractivity contribution in [2.75, 3.05) is 20.7 Å². The van der Waals surface area contributed by atoms with Crippen molar-refractivity contribution in [2.24, 2.45) is 0 Å². The summed E-state index contributed by atoms with van der Waals surface area (Å²) in [5.74, 6) is 0.257. The van der Waals surface area contributed by atoms with Gasteiger partial charge in [0.1, 0.15) is 6.54 Å². The van der Waals surface area contributed by atoms with Gasteiger partial charge in [-0.05, 0) is 18.2 Å². The molecule has 6 heteroatoms. The number of hydrogen-bond donors (Lipinski definition) is 0. The lowest BCUT2D eigenvalue weighted by atomic mass is 10.1. The maximum Gasteiger partial charge on any atom is 0.254 e. The summed E-state index contributed by atoms with van der Waals surface area (Å²) in [6.07, 6.45) is 0. The number of ether oxygens (including phenoxy) is 1. The molecule has 1 amide bonds. The molecule has 0 unspecified atom stereocenters. The van der Waals surface area contributed by atoms with E-state index in [1.165, 1.54) is 12.0 Å². The quantitative estimate of drug-likeness (QED) is 0.798. The Morgan fingerprint density at radius 2 is 1.95 bits per heavy atom. The van der Waals surface area contributed by atoms with Crippen molar-refractivity contribution in [2.45, 2.75) is 0 Å². The zero-order valence-corrected chi connectivity index (χ0v) is 11.8. The molecule has 0 saturated carbocycles. The Hall–Kier alpha value is -2.94. The number of aromatic nitrogens is 2. The van der Waals surface area contributed by atoms with Crippen LogP contribution < -0.4 is 4.74 Å². The Balaban J connectivity index is 2.18. The minimum Gasteiger partial charge on any atom is -0.480 e. The monoisotopic (exact) mass is 282 g/mol. The molecule has 0 atom stereocenters. The van der Waals surface area contributed by atoms with E-state index in [2.05, 4.69) is 10.2 Å². The number of rotatable bonds is 4. The van der Waals surface area contributed by atoms with Crippen molar-refractivity contribution in [3.05, 3.63) is 42.0 Å². The molecule has 0 aliphatic carbocycles. The van der Waals surface area contributed by atoms with Crippen LogP contribution >= 0.6 is 0 Å². The zero-order chi connectivity index (χ0) is 15.2. The maximum atomic E-state index is 12.0. The van der Waals surface area contributed by atoms with Gasteiger partial charge in [0.05, 0.1) is 18.9 Å². The Morgan fingerprint density at radius 3 is 2.48 bits per heavy atom. The van der Waals surface area contributed by atoms with Crippen LogP contribution in [0.25, 0.3) is 11.3 Å². The Kier molecular flexibility index (Phi) is 4.46. The molecule has 1 aromatic carbocycles. The molecule has 0 N–H and O–H groups in total. The average molecular weight is 282 g/mol. The number of benzene rings is 1. The van der Waals surface area contributed by atoms with Gasteiger partial charge in [-0.2, -0.15) is 5.26 Å². The van der Waals surface area contributed by atoms with Crippen LogP contribution in [0.5, 0.6) is 5.88 Å². The highest BCUT2D eigenvalue weighted by Crippen LogP contribution is 2.18. The highest BCUT2D eigenvalue weighted by molar-refractivity contribution is 5.94. The van der Waals surface area contributed by atoms with E-state index >= 15 is 0 Å². The van der Waals surface area contributed by atoms with Gasteiger partial charge in [0.2, 0.25) is 5.88 Å². The predicted molar refractivity (Wildman–Crippen MR) is 76.6 cm³/mol. The molecule has 0 radical (unpaired) electrons. The fraction of sp³-hybridized carbons (Fsp3) is 0.200. The molecule has 21 heavy (non-hydrogen) atoms. The van der Waals surface area contributed by atoms with Crippen molar-refractivity contribution in [1.82, 2.24) is 15.1 Å². The summed E-state index contributed by atoms with van der Waals surface area (Å²) >= 11 is 0. The number of carbonyl (C=O) groups is 1. The molecule has 1 aromatic heterocycles. The number of methoxy groups -OCH3 is 1. The molecule has 0 bridgehead atoms. The first-order valence-corrected chi connectivity index (χ1v) is 6.26. The predicted octanol–water partition coefficient (Wildman–Crippen LogP) is 1.75. The normalized spacial score (nSPS) is 9.76. The van der Waals surface area contributed by atoms with Crippen molar-refractivity contribution in [3.63, 3.8) is 0 Å². The Bertz CT molecular complexity index is 660. The smallest absolute Gasteiger partial charge is 0.254 e. The lowest BCUT2D eigenvalue weighted by Crippen LogP contribution is -2.26.